The highest BCUT2D eigenvalue weighted by Gasteiger charge is 2.54. The van der Waals surface area contributed by atoms with E-state index in [-0.39, 0.29) is 12.4 Å². The van der Waals surface area contributed by atoms with Gasteiger partial charge in [-0.05, 0) is 31.5 Å². The SMILES string of the molecule is CCOC(=O)C(C(C)=O)C1(c2ccccc2)c2ccccc2Oc2ccccc21. The summed E-state index contributed by atoms with van der Waals surface area (Å²) < 4.78 is 11.6. The molecule has 3 aromatic carbocycles. The molecule has 3 aromatic rings. The van der Waals surface area contributed by atoms with Crippen molar-refractivity contribution < 1.29 is 19.1 Å². The summed E-state index contributed by atoms with van der Waals surface area (Å²) in [6, 6.07) is 24.8. The number of carbonyl (C=O) groups is 2. The Morgan fingerprint density at radius 1 is 0.862 bits per heavy atom. The Labute approximate surface area is 170 Å². The topological polar surface area (TPSA) is 52.6 Å². The Morgan fingerprint density at radius 2 is 1.38 bits per heavy atom. The molecule has 29 heavy (non-hydrogen) atoms. The van der Waals surface area contributed by atoms with E-state index in [1.54, 1.807) is 6.92 Å². The molecule has 0 spiro atoms. The van der Waals surface area contributed by atoms with Crippen LogP contribution in [0.4, 0.5) is 0 Å². The van der Waals surface area contributed by atoms with E-state index < -0.39 is 17.3 Å². The van der Waals surface area contributed by atoms with Gasteiger partial charge in [0.2, 0.25) is 0 Å². The van der Waals surface area contributed by atoms with Gasteiger partial charge in [-0.15, -0.1) is 0 Å². The predicted molar refractivity (Wildman–Crippen MR) is 110 cm³/mol. The maximum Gasteiger partial charge on any atom is 0.318 e. The highest BCUT2D eigenvalue weighted by atomic mass is 16.5. The van der Waals surface area contributed by atoms with E-state index in [0.717, 1.165) is 16.7 Å². The minimum absolute atomic E-state index is 0.202. The number of hydrogen-bond acceptors (Lipinski definition) is 4. The summed E-state index contributed by atoms with van der Waals surface area (Å²) >= 11 is 0. The zero-order valence-corrected chi connectivity index (χ0v) is 16.4. The number of esters is 1. The van der Waals surface area contributed by atoms with Gasteiger partial charge in [-0.3, -0.25) is 9.59 Å². The first-order valence-electron chi connectivity index (χ1n) is 9.70. The summed E-state index contributed by atoms with van der Waals surface area (Å²) in [5, 5.41) is 0. The first-order chi connectivity index (χ1) is 14.1. The number of carbonyl (C=O) groups excluding carboxylic acids is 2. The van der Waals surface area contributed by atoms with Crippen LogP contribution in [0.25, 0.3) is 0 Å². The van der Waals surface area contributed by atoms with E-state index >= 15 is 0 Å². The maximum atomic E-state index is 13.2. The van der Waals surface area contributed by atoms with Gasteiger partial charge < -0.3 is 9.47 Å². The van der Waals surface area contributed by atoms with Gasteiger partial charge in [0, 0.05) is 11.1 Å². The van der Waals surface area contributed by atoms with Crippen LogP contribution in [0.3, 0.4) is 0 Å². The van der Waals surface area contributed by atoms with Gasteiger partial charge in [-0.1, -0.05) is 66.7 Å². The van der Waals surface area contributed by atoms with Gasteiger partial charge in [-0.2, -0.15) is 0 Å². The van der Waals surface area contributed by atoms with Gasteiger partial charge in [0.25, 0.3) is 0 Å². The molecule has 1 heterocycles. The third kappa shape index (κ3) is 2.92. The van der Waals surface area contributed by atoms with Crippen molar-refractivity contribution in [3.8, 4) is 11.5 Å². The van der Waals surface area contributed by atoms with E-state index in [1.165, 1.54) is 6.92 Å². The van der Waals surface area contributed by atoms with Gasteiger partial charge >= 0.3 is 5.97 Å². The second-order valence-electron chi connectivity index (χ2n) is 7.06. The Hall–Kier alpha value is -3.40. The smallest absolute Gasteiger partial charge is 0.318 e. The van der Waals surface area contributed by atoms with Crippen LogP contribution in [0.15, 0.2) is 78.9 Å². The van der Waals surface area contributed by atoms with Crippen molar-refractivity contribution in [1.82, 2.24) is 0 Å². The lowest BCUT2D eigenvalue weighted by atomic mass is 9.59. The molecule has 0 aliphatic carbocycles. The number of rotatable bonds is 5. The van der Waals surface area contributed by atoms with Gasteiger partial charge in [0.05, 0.1) is 12.0 Å². The summed E-state index contributed by atoms with van der Waals surface area (Å²) in [5.41, 5.74) is 1.35. The summed E-state index contributed by atoms with van der Waals surface area (Å²) in [4.78, 5) is 26.2. The van der Waals surface area contributed by atoms with Crippen LogP contribution < -0.4 is 4.74 Å². The zero-order valence-electron chi connectivity index (χ0n) is 16.4. The quantitative estimate of drug-likeness (QED) is 0.463. The van der Waals surface area contributed by atoms with Gasteiger partial charge in [0.1, 0.15) is 23.2 Å². The van der Waals surface area contributed by atoms with Crippen molar-refractivity contribution in [3.63, 3.8) is 0 Å². The molecule has 0 saturated carbocycles. The monoisotopic (exact) mass is 386 g/mol. The molecule has 0 aromatic heterocycles. The molecule has 4 rings (SSSR count). The number of Topliss-reactive ketones (excluding diaryl/α,β-unsaturated/α-hetero) is 1. The van der Waals surface area contributed by atoms with Crippen molar-refractivity contribution in [2.24, 2.45) is 5.92 Å². The molecule has 1 aliphatic heterocycles. The lowest BCUT2D eigenvalue weighted by molar-refractivity contribution is -0.153. The van der Waals surface area contributed by atoms with E-state index in [1.807, 2.05) is 78.9 Å². The van der Waals surface area contributed by atoms with Crippen molar-refractivity contribution in [3.05, 3.63) is 95.6 Å². The molecule has 0 radical (unpaired) electrons. The molecule has 4 heteroatoms. The predicted octanol–water partition coefficient (Wildman–Crippen LogP) is 4.90. The summed E-state index contributed by atoms with van der Waals surface area (Å²) in [6.45, 7) is 3.40. The maximum absolute atomic E-state index is 13.2. The molecule has 0 bridgehead atoms. The molecule has 0 amide bonds. The third-order valence-electron chi connectivity index (χ3n) is 5.43. The van der Waals surface area contributed by atoms with Crippen molar-refractivity contribution >= 4 is 11.8 Å². The number of ether oxygens (including phenoxy) is 2. The standard InChI is InChI=1S/C25H22O4/c1-3-28-24(27)23(17(2)26)25(18-11-5-4-6-12-18)19-13-7-9-15-21(19)29-22-16-10-8-14-20(22)25/h4-16,23H,3H2,1-2H3. The fourth-order valence-electron chi connectivity index (χ4n) is 4.39. The largest absolute Gasteiger partial charge is 0.465 e. The van der Waals surface area contributed by atoms with Crippen molar-refractivity contribution in [2.75, 3.05) is 6.61 Å². The lowest BCUT2D eigenvalue weighted by Gasteiger charge is -2.44. The number of hydrogen-bond donors (Lipinski definition) is 0. The first kappa shape index (κ1) is 18.9. The second-order valence-corrected chi connectivity index (χ2v) is 7.06. The van der Waals surface area contributed by atoms with Crippen molar-refractivity contribution in [2.45, 2.75) is 19.3 Å². The molecule has 0 fully saturated rings. The fourth-order valence-corrected chi connectivity index (χ4v) is 4.39. The van der Waals surface area contributed by atoms with E-state index in [2.05, 4.69) is 0 Å². The average molecular weight is 386 g/mol. The molecule has 0 saturated heterocycles. The minimum Gasteiger partial charge on any atom is -0.465 e. The van der Waals surface area contributed by atoms with Crippen LogP contribution in [0.1, 0.15) is 30.5 Å². The Morgan fingerprint density at radius 3 is 1.90 bits per heavy atom. The minimum atomic E-state index is -1.05. The molecular weight excluding hydrogens is 364 g/mol. The average Bonchev–Trinajstić information content (AvgIpc) is 2.74. The van der Waals surface area contributed by atoms with E-state index in [4.69, 9.17) is 9.47 Å². The van der Waals surface area contributed by atoms with E-state index in [0.29, 0.717) is 11.5 Å². The number of para-hydroxylation sites is 2. The Bertz CT molecular complexity index is 1010. The molecule has 4 nitrogen and oxygen atoms in total. The normalized spacial score (nSPS) is 14.7. The van der Waals surface area contributed by atoms with Gasteiger partial charge in [-0.25, -0.2) is 0 Å². The van der Waals surface area contributed by atoms with Crippen LogP contribution >= 0.6 is 0 Å². The van der Waals surface area contributed by atoms with Crippen LogP contribution in [-0.2, 0) is 19.7 Å². The summed E-state index contributed by atoms with van der Waals surface area (Å²) in [7, 11) is 0. The van der Waals surface area contributed by atoms with E-state index in [9.17, 15) is 9.59 Å². The fraction of sp³-hybridized carbons (Fsp3) is 0.200. The third-order valence-corrected chi connectivity index (χ3v) is 5.43. The first-order valence-corrected chi connectivity index (χ1v) is 9.70. The number of ketones is 1. The molecule has 146 valence electrons. The van der Waals surface area contributed by atoms with Crippen LogP contribution in [0.2, 0.25) is 0 Å². The summed E-state index contributed by atoms with van der Waals surface area (Å²) in [5.74, 6) is -0.568. The van der Waals surface area contributed by atoms with Crippen LogP contribution in [0, 0.1) is 5.92 Å². The highest BCUT2D eigenvalue weighted by molar-refractivity contribution is 6.01. The Kier molecular flexibility index (Phi) is 4.93. The Balaban J connectivity index is 2.15. The second kappa shape index (κ2) is 7.55. The molecule has 0 N–H and O–H groups in total. The van der Waals surface area contributed by atoms with Crippen LogP contribution in [-0.4, -0.2) is 18.4 Å². The van der Waals surface area contributed by atoms with Crippen molar-refractivity contribution in [1.29, 1.82) is 0 Å². The van der Waals surface area contributed by atoms with Gasteiger partial charge in [0.15, 0.2) is 0 Å². The lowest BCUT2D eigenvalue weighted by Crippen LogP contribution is -2.48. The molecule has 1 atom stereocenters. The molecule has 1 aliphatic rings. The number of benzene rings is 3. The molecular formula is C25H22O4. The molecule has 1 unspecified atom stereocenters. The summed E-state index contributed by atoms with van der Waals surface area (Å²) in [6.07, 6.45) is 0. The zero-order chi connectivity index (χ0) is 20.4. The number of fused-ring (bicyclic) bond motifs is 2. The van der Waals surface area contributed by atoms with Crippen LogP contribution in [0.5, 0.6) is 11.5 Å². The highest BCUT2D eigenvalue weighted by Crippen LogP contribution is 2.55.